The van der Waals surface area contributed by atoms with E-state index >= 15 is 8.78 Å². The first-order valence-corrected chi connectivity index (χ1v) is 8.28. The zero-order valence-electron chi connectivity index (χ0n) is 15.2. The highest BCUT2D eigenvalue weighted by Gasteiger charge is 2.42. The Kier molecular flexibility index (Phi) is 5.02. The van der Waals surface area contributed by atoms with Crippen molar-refractivity contribution in [3.05, 3.63) is 71.8 Å². The van der Waals surface area contributed by atoms with Gasteiger partial charge < -0.3 is 5.41 Å². The van der Waals surface area contributed by atoms with Gasteiger partial charge in [-0.1, -0.05) is 18.7 Å². The number of hydrogen-bond acceptors (Lipinski definition) is 5. The van der Waals surface area contributed by atoms with Gasteiger partial charge in [-0.05, 0) is 24.3 Å². The lowest BCUT2D eigenvalue weighted by molar-refractivity contribution is 0.0657. The van der Waals surface area contributed by atoms with Crippen molar-refractivity contribution in [1.29, 1.82) is 16.2 Å². The van der Waals surface area contributed by atoms with E-state index in [1.165, 1.54) is 42.2 Å². The average Bonchev–Trinajstić information content (AvgIpc) is 3.07. The van der Waals surface area contributed by atoms with Crippen LogP contribution in [0.1, 0.15) is 11.3 Å². The van der Waals surface area contributed by atoms with Gasteiger partial charge in [-0.15, -0.1) is 0 Å². The van der Waals surface area contributed by atoms with Crippen LogP contribution in [-0.2, 0) is 13.0 Å². The monoisotopic (exact) mass is 399 g/mol. The van der Waals surface area contributed by atoms with E-state index in [0.29, 0.717) is 4.68 Å². The van der Waals surface area contributed by atoms with Crippen LogP contribution in [0.2, 0.25) is 0 Å². The molecule has 0 saturated heterocycles. The number of halogens is 3. The van der Waals surface area contributed by atoms with Crippen LogP contribution < -0.4 is 5.49 Å². The molecule has 0 aliphatic rings. The molecule has 1 aromatic carbocycles. The molecule has 0 saturated carbocycles. The summed E-state index contributed by atoms with van der Waals surface area (Å²) in [6.45, 7) is 3.50. The smallest absolute Gasteiger partial charge is 0.308 e. The lowest BCUT2D eigenvalue weighted by atomic mass is 10.0. The molecule has 0 unspecified atom stereocenters. The summed E-state index contributed by atoms with van der Waals surface area (Å²) < 4.78 is 46.6. The minimum atomic E-state index is -4.08. The maximum atomic E-state index is 15.1. The van der Waals surface area contributed by atoms with E-state index in [-0.39, 0.29) is 22.2 Å². The molecule has 0 amide bonds. The predicted molar refractivity (Wildman–Crippen MR) is 103 cm³/mol. The molecule has 0 aliphatic carbocycles. The Morgan fingerprint density at radius 3 is 2.59 bits per heavy atom. The Hall–Kier alpha value is -3.82. The number of hydrogen-bond donors (Lipinski definition) is 3. The van der Waals surface area contributed by atoms with Gasteiger partial charge in [0.2, 0.25) is 0 Å². The summed E-state index contributed by atoms with van der Waals surface area (Å²) in [6.07, 6.45) is 5.03. The Morgan fingerprint density at radius 2 is 1.93 bits per heavy atom. The van der Waals surface area contributed by atoms with Crippen LogP contribution in [-0.4, -0.2) is 31.6 Å². The molecule has 7 nitrogen and oxygen atoms in total. The number of nitrogens with zero attached hydrogens (tertiary/aromatic N) is 4. The van der Waals surface area contributed by atoms with Crippen molar-refractivity contribution in [2.24, 2.45) is 7.05 Å². The first-order chi connectivity index (χ1) is 13.7. The van der Waals surface area contributed by atoms with Crippen molar-refractivity contribution < 1.29 is 13.2 Å². The van der Waals surface area contributed by atoms with Crippen LogP contribution in [0.25, 0.3) is 16.5 Å². The van der Waals surface area contributed by atoms with Crippen LogP contribution in [0.5, 0.6) is 0 Å². The third kappa shape index (κ3) is 3.40. The summed E-state index contributed by atoms with van der Waals surface area (Å²) >= 11 is 0. The van der Waals surface area contributed by atoms with Crippen LogP contribution >= 0.6 is 0 Å². The molecule has 0 bridgehead atoms. The normalized spacial score (nSPS) is 12.2. The molecule has 3 rings (SSSR count). The largest absolute Gasteiger partial charge is 0.334 e. The molecule has 3 aromatic rings. The molecule has 0 spiro atoms. The van der Waals surface area contributed by atoms with Crippen molar-refractivity contribution in [2.45, 2.75) is 5.92 Å². The third-order valence-electron chi connectivity index (χ3n) is 4.17. The highest BCUT2D eigenvalue weighted by atomic mass is 19.3. The summed E-state index contributed by atoms with van der Waals surface area (Å²) in [4.78, 5) is 0. The second kappa shape index (κ2) is 7.30. The second-order valence-corrected chi connectivity index (χ2v) is 6.10. The molecular weight excluding hydrogens is 383 g/mol. The van der Waals surface area contributed by atoms with Gasteiger partial charge in [0.05, 0.1) is 22.2 Å². The molecule has 3 N–H and O–H groups in total. The standard InChI is InChI=1S/C19H16F3N7/c1-3-4-11(9-23)14-7-8-16(24)29(27-14)18(25)19(21,22)13-5-6-15-12(17(13)20)10-28(2)26-15/h3-10,23-25H,1H2,2H3/b11-4+,23-9?,24-16?,25-18?. The fraction of sp³-hybridized carbons (Fsp3) is 0.105. The molecule has 0 aliphatic heterocycles. The van der Waals surface area contributed by atoms with E-state index < -0.39 is 28.6 Å². The van der Waals surface area contributed by atoms with E-state index in [2.05, 4.69) is 16.8 Å². The second-order valence-electron chi connectivity index (χ2n) is 6.10. The minimum Gasteiger partial charge on any atom is -0.308 e. The fourth-order valence-corrected chi connectivity index (χ4v) is 2.76. The van der Waals surface area contributed by atoms with Crippen molar-refractivity contribution in [3.63, 3.8) is 0 Å². The number of aryl methyl sites for hydroxylation is 1. The minimum absolute atomic E-state index is 0.0830. The van der Waals surface area contributed by atoms with Gasteiger partial charge in [0, 0.05) is 25.0 Å². The Bertz CT molecular complexity index is 1230. The van der Waals surface area contributed by atoms with Crippen molar-refractivity contribution >= 4 is 28.5 Å². The summed E-state index contributed by atoms with van der Waals surface area (Å²) in [7, 11) is 1.54. The number of nitrogens with one attached hydrogen (secondary N) is 3. The zero-order valence-corrected chi connectivity index (χ0v) is 15.2. The third-order valence-corrected chi connectivity index (χ3v) is 4.17. The highest BCUT2D eigenvalue weighted by Crippen LogP contribution is 2.34. The van der Waals surface area contributed by atoms with E-state index in [1.54, 1.807) is 0 Å². The molecule has 2 aromatic heterocycles. The van der Waals surface area contributed by atoms with Crippen LogP contribution in [0.3, 0.4) is 0 Å². The Balaban J connectivity index is 2.13. The average molecular weight is 399 g/mol. The van der Waals surface area contributed by atoms with E-state index in [4.69, 9.17) is 16.2 Å². The zero-order chi connectivity index (χ0) is 21.3. The van der Waals surface area contributed by atoms with Gasteiger partial charge in [-0.2, -0.15) is 23.7 Å². The maximum absolute atomic E-state index is 15.1. The first-order valence-electron chi connectivity index (χ1n) is 8.28. The van der Waals surface area contributed by atoms with Crippen molar-refractivity contribution in [2.75, 3.05) is 0 Å². The number of alkyl halides is 2. The van der Waals surface area contributed by atoms with E-state index in [1.807, 2.05) is 0 Å². The number of aromatic nitrogens is 4. The quantitative estimate of drug-likeness (QED) is 0.348. The number of allylic oxidation sites excluding steroid dienone is 3. The van der Waals surface area contributed by atoms with Gasteiger partial charge in [-0.25, -0.2) is 4.39 Å². The fourth-order valence-electron chi connectivity index (χ4n) is 2.76. The predicted octanol–water partition coefficient (Wildman–Crippen LogP) is 3.22. The lowest BCUT2D eigenvalue weighted by Crippen LogP contribution is -2.40. The van der Waals surface area contributed by atoms with Crippen LogP contribution in [0.4, 0.5) is 13.2 Å². The number of fused-ring (bicyclic) bond motifs is 1. The van der Waals surface area contributed by atoms with Gasteiger partial charge >= 0.3 is 5.92 Å². The molecule has 0 radical (unpaired) electrons. The van der Waals surface area contributed by atoms with Crippen molar-refractivity contribution in [1.82, 2.24) is 19.6 Å². The number of rotatable bonds is 5. The summed E-state index contributed by atoms with van der Waals surface area (Å²) in [5.74, 6) is -6.66. The van der Waals surface area contributed by atoms with Gasteiger partial charge in [0.1, 0.15) is 11.3 Å². The molecular formula is C19H16F3N7. The first kappa shape index (κ1) is 19.9. The Morgan fingerprint density at radius 1 is 1.21 bits per heavy atom. The summed E-state index contributed by atoms with van der Waals surface area (Å²) in [6, 6.07) is 4.62. The summed E-state index contributed by atoms with van der Waals surface area (Å²) in [5, 5.41) is 30.9. The topological polar surface area (TPSA) is 107 Å². The molecule has 2 heterocycles. The van der Waals surface area contributed by atoms with Gasteiger partial charge in [0.25, 0.3) is 0 Å². The lowest BCUT2D eigenvalue weighted by Gasteiger charge is -2.20. The van der Waals surface area contributed by atoms with Gasteiger partial charge in [0.15, 0.2) is 5.84 Å². The van der Waals surface area contributed by atoms with Crippen LogP contribution in [0, 0.1) is 22.0 Å². The maximum Gasteiger partial charge on any atom is 0.334 e. The van der Waals surface area contributed by atoms with E-state index in [0.717, 1.165) is 18.3 Å². The van der Waals surface area contributed by atoms with E-state index in [9.17, 15) is 4.39 Å². The number of benzene rings is 1. The molecule has 0 atom stereocenters. The molecule has 29 heavy (non-hydrogen) atoms. The van der Waals surface area contributed by atoms with Crippen molar-refractivity contribution in [3.8, 4) is 0 Å². The molecule has 148 valence electrons. The SMILES string of the molecule is C=C/C=C(\C=N)c1ccc(=N)n(C(=N)C(F)(F)c2ccc3nn(C)cc3c2F)n1. The summed E-state index contributed by atoms with van der Waals surface area (Å²) in [5.41, 5.74) is -0.983. The molecule has 10 heteroatoms. The molecule has 0 fully saturated rings. The van der Waals surface area contributed by atoms with Crippen LogP contribution in [0.15, 0.2) is 49.2 Å². The highest BCUT2D eigenvalue weighted by molar-refractivity contribution is 6.07. The van der Waals surface area contributed by atoms with Gasteiger partial charge in [-0.3, -0.25) is 15.5 Å². The Labute approximate surface area is 162 Å².